The Balaban J connectivity index is 2.18. The molecule has 4 N–H and O–H groups in total. The second-order valence-corrected chi connectivity index (χ2v) is 4.40. The molecule has 0 saturated heterocycles. The van der Waals surface area contributed by atoms with Crippen LogP contribution in [0, 0.1) is 6.92 Å². The number of anilines is 2. The minimum absolute atomic E-state index is 0.251. The first-order valence-corrected chi connectivity index (χ1v) is 5.98. The van der Waals surface area contributed by atoms with Crippen LogP contribution in [-0.2, 0) is 0 Å². The molecule has 0 saturated carbocycles. The first-order valence-electron chi connectivity index (χ1n) is 5.60. The van der Waals surface area contributed by atoms with E-state index in [1.165, 1.54) is 6.20 Å². The Hall–Kier alpha value is -2.11. The van der Waals surface area contributed by atoms with Crippen LogP contribution in [0.2, 0.25) is 5.02 Å². The van der Waals surface area contributed by atoms with E-state index in [9.17, 15) is 4.79 Å². The fraction of sp³-hybridized carbons (Fsp3) is 0.0769. The second kappa shape index (κ2) is 5.69. The van der Waals surface area contributed by atoms with Crippen LogP contribution in [-0.4, -0.2) is 10.9 Å². The number of carbonyl (C=O) groups excluding carboxylic acids is 1. The van der Waals surface area contributed by atoms with Gasteiger partial charge in [-0.15, -0.1) is 0 Å². The van der Waals surface area contributed by atoms with E-state index in [0.717, 1.165) is 5.56 Å². The first kappa shape index (κ1) is 13.3. The molecule has 0 bridgehead atoms. The van der Waals surface area contributed by atoms with Gasteiger partial charge in [-0.1, -0.05) is 17.7 Å². The van der Waals surface area contributed by atoms with Gasteiger partial charge >= 0.3 is 0 Å². The highest BCUT2D eigenvalue weighted by Crippen LogP contribution is 2.20. The fourth-order valence-electron chi connectivity index (χ4n) is 1.52. The summed E-state index contributed by atoms with van der Waals surface area (Å²) in [6.07, 6.45) is 1.51. The van der Waals surface area contributed by atoms with Crippen LogP contribution in [0.25, 0.3) is 0 Å². The standard InChI is InChI=1S/C13H13ClN4O/c1-8-2-3-10(7-11(8)14)17-13(19)9-4-5-16-12(6-9)18-15/h2-7H,15H2,1H3,(H,16,18)(H,17,19). The molecule has 2 aromatic rings. The monoisotopic (exact) mass is 276 g/mol. The van der Waals surface area contributed by atoms with E-state index in [1.54, 1.807) is 24.3 Å². The Bertz CT molecular complexity index is 615. The van der Waals surface area contributed by atoms with E-state index in [0.29, 0.717) is 22.1 Å². The number of amides is 1. The highest BCUT2D eigenvalue weighted by molar-refractivity contribution is 6.31. The van der Waals surface area contributed by atoms with E-state index in [-0.39, 0.29) is 5.91 Å². The normalized spacial score (nSPS) is 10.1. The van der Waals surface area contributed by atoms with Crippen molar-refractivity contribution in [1.82, 2.24) is 4.98 Å². The van der Waals surface area contributed by atoms with Gasteiger partial charge in [-0.05, 0) is 36.8 Å². The maximum Gasteiger partial charge on any atom is 0.255 e. The third-order valence-electron chi connectivity index (χ3n) is 2.60. The average Bonchev–Trinajstić information content (AvgIpc) is 2.43. The molecule has 1 amide bonds. The summed E-state index contributed by atoms with van der Waals surface area (Å²) in [4.78, 5) is 16.0. The van der Waals surface area contributed by atoms with Gasteiger partial charge in [-0.3, -0.25) is 4.79 Å². The number of nitrogens with zero attached hydrogens (tertiary/aromatic N) is 1. The van der Waals surface area contributed by atoms with Gasteiger partial charge in [0.1, 0.15) is 5.82 Å². The maximum atomic E-state index is 12.0. The fourth-order valence-corrected chi connectivity index (χ4v) is 1.71. The number of carbonyl (C=O) groups is 1. The summed E-state index contributed by atoms with van der Waals surface area (Å²) in [6.45, 7) is 1.90. The zero-order chi connectivity index (χ0) is 13.8. The topological polar surface area (TPSA) is 80.0 Å². The van der Waals surface area contributed by atoms with Crippen LogP contribution < -0.4 is 16.6 Å². The third kappa shape index (κ3) is 3.21. The van der Waals surface area contributed by atoms with Crippen molar-refractivity contribution in [3.05, 3.63) is 52.7 Å². The van der Waals surface area contributed by atoms with Crippen LogP contribution in [0.4, 0.5) is 11.5 Å². The molecule has 0 spiro atoms. The molecule has 5 nitrogen and oxygen atoms in total. The van der Waals surface area contributed by atoms with E-state index < -0.39 is 0 Å². The number of aryl methyl sites for hydroxylation is 1. The molecule has 0 fully saturated rings. The number of benzene rings is 1. The zero-order valence-corrected chi connectivity index (χ0v) is 11.0. The van der Waals surface area contributed by atoms with Crippen molar-refractivity contribution in [3.8, 4) is 0 Å². The van der Waals surface area contributed by atoms with Crippen LogP contribution in [0.1, 0.15) is 15.9 Å². The molecule has 1 heterocycles. The SMILES string of the molecule is Cc1ccc(NC(=O)c2ccnc(NN)c2)cc1Cl. The molecule has 0 aliphatic carbocycles. The highest BCUT2D eigenvalue weighted by atomic mass is 35.5. The van der Waals surface area contributed by atoms with Gasteiger partial charge < -0.3 is 10.7 Å². The maximum absolute atomic E-state index is 12.0. The number of hydrazine groups is 1. The summed E-state index contributed by atoms with van der Waals surface area (Å²) in [6, 6.07) is 8.51. The van der Waals surface area contributed by atoms with Gasteiger partial charge in [-0.25, -0.2) is 10.8 Å². The largest absolute Gasteiger partial charge is 0.322 e. The number of nitrogen functional groups attached to an aromatic ring is 1. The Labute approximate surface area is 115 Å². The quantitative estimate of drug-likeness (QED) is 0.595. The lowest BCUT2D eigenvalue weighted by Crippen LogP contribution is -2.14. The molecule has 0 radical (unpaired) electrons. The number of hydrogen-bond acceptors (Lipinski definition) is 4. The van der Waals surface area contributed by atoms with Crippen LogP contribution in [0.15, 0.2) is 36.5 Å². The summed E-state index contributed by atoms with van der Waals surface area (Å²) in [5, 5.41) is 3.37. The summed E-state index contributed by atoms with van der Waals surface area (Å²) < 4.78 is 0. The van der Waals surface area contributed by atoms with Crippen molar-refractivity contribution >= 4 is 29.0 Å². The van der Waals surface area contributed by atoms with Crippen molar-refractivity contribution in [3.63, 3.8) is 0 Å². The number of halogens is 1. The molecule has 6 heteroatoms. The number of nitrogens with one attached hydrogen (secondary N) is 2. The van der Waals surface area contributed by atoms with Crippen molar-refractivity contribution in [2.75, 3.05) is 10.7 Å². The van der Waals surface area contributed by atoms with Gasteiger partial charge in [0.2, 0.25) is 0 Å². The lowest BCUT2D eigenvalue weighted by atomic mass is 10.2. The highest BCUT2D eigenvalue weighted by Gasteiger charge is 2.08. The third-order valence-corrected chi connectivity index (χ3v) is 3.01. The van der Waals surface area contributed by atoms with Crippen LogP contribution in [0.5, 0.6) is 0 Å². The predicted octanol–water partition coefficient (Wildman–Crippen LogP) is 2.58. The van der Waals surface area contributed by atoms with Crippen molar-refractivity contribution < 1.29 is 4.79 Å². The van der Waals surface area contributed by atoms with Gasteiger partial charge in [-0.2, -0.15) is 0 Å². The van der Waals surface area contributed by atoms with E-state index >= 15 is 0 Å². The molecular formula is C13H13ClN4O. The van der Waals surface area contributed by atoms with Gasteiger partial charge in [0, 0.05) is 22.5 Å². The molecule has 0 aliphatic rings. The van der Waals surface area contributed by atoms with Gasteiger partial charge in [0.15, 0.2) is 0 Å². The minimum atomic E-state index is -0.251. The van der Waals surface area contributed by atoms with Crippen molar-refractivity contribution in [1.29, 1.82) is 0 Å². The van der Waals surface area contributed by atoms with Gasteiger partial charge in [0.25, 0.3) is 5.91 Å². The number of nitrogens with two attached hydrogens (primary N) is 1. The number of rotatable bonds is 3. The Morgan fingerprint density at radius 2 is 2.11 bits per heavy atom. The number of aromatic nitrogens is 1. The molecule has 2 rings (SSSR count). The molecular weight excluding hydrogens is 264 g/mol. The van der Waals surface area contributed by atoms with Crippen LogP contribution >= 0.6 is 11.6 Å². The second-order valence-electron chi connectivity index (χ2n) is 3.99. The number of pyridine rings is 1. The minimum Gasteiger partial charge on any atom is -0.322 e. The Morgan fingerprint density at radius 3 is 2.79 bits per heavy atom. The lowest BCUT2D eigenvalue weighted by Gasteiger charge is -2.07. The van der Waals surface area contributed by atoms with E-state index in [2.05, 4.69) is 15.7 Å². The van der Waals surface area contributed by atoms with E-state index in [1.807, 2.05) is 13.0 Å². The Morgan fingerprint density at radius 1 is 1.32 bits per heavy atom. The predicted molar refractivity (Wildman–Crippen MR) is 76.2 cm³/mol. The molecule has 0 unspecified atom stereocenters. The summed E-state index contributed by atoms with van der Waals surface area (Å²) >= 11 is 6.00. The van der Waals surface area contributed by atoms with Gasteiger partial charge in [0.05, 0.1) is 0 Å². The molecule has 19 heavy (non-hydrogen) atoms. The van der Waals surface area contributed by atoms with Crippen molar-refractivity contribution in [2.45, 2.75) is 6.92 Å². The van der Waals surface area contributed by atoms with Crippen LogP contribution in [0.3, 0.4) is 0 Å². The first-order chi connectivity index (χ1) is 9.10. The summed E-state index contributed by atoms with van der Waals surface area (Å²) in [5.41, 5.74) is 4.44. The Kier molecular flexibility index (Phi) is 3.99. The average molecular weight is 277 g/mol. The molecule has 1 aromatic heterocycles. The van der Waals surface area contributed by atoms with Crippen molar-refractivity contribution in [2.24, 2.45) is 5.84 Å². The van der Waals surface area contributed by atoms with E-state index in [4.69, 9.17) is 17.4 Å². The molecule has 1 aromatic carbocycles. The number of hydrogen-bond donors (Lipinski definition) is 3. The lowest BCUT2D eigenvalue weighted by molar-refractivity contribution is 0.102. The zero-order valence-electron chi connectivity index (χ0n) is 10.3. The molecule has 98 valence electrons. The molecule has 0 atom stereocenters. The smallest absolute Gasteiger partial charge is 0.255 e. The summed E-state index contributed by atoms with van der Waals surface area (Å²) in [5.74, 6) is 5.42. The molecule has 0 aliphatic heterocycles. The summed E-state index contributed by atoms with van der Waals surface area (Å²) in [7, 11) is 0.